The SMILES string of the molecule is CC(Oc1ccccc1)C(=O)N(CCO)CC(F)F. The van der Waals surface area contributed by atoms with Gasteiger partial charge in [0.05, 0.1) is 13.2 Å². The molecule has 0 bridgehead atoms. The normalized spacial score (nSPS) is 12.3. The zero-order valence-corrected chi connectivity index (χ0v) is 10.6. The maximum atomic E-state index is 12.3. The van der Waals surface area contributed by atoms with Gasteiger partial charge in [-0.1, -0.05) is 18.2 Å². The minimum absolute atomic E-state index is 0.133. The van der Waals surface area contributed by atoms with Gasteiger partial charge in [0, 0.05) is 6.54 Å². The molecule has 4 nitrogen and oxygen atoms in total. The third kappa shape index (κ3) is 5.21. The lowest BCUT2D eigenvalue weighted by molar-refractivity contribution is -0.140. The van der Waals surface area contributed by atoms with Crippen molar-refractivity contribution in [1.82, 2.24) is 4.90 Å². The van der Waals surface area contributed by atoms with Gasteiger partial charge in [0.25, 0.3) is 12.3 Å². The van der Waals surface area contributed by atoms with E-state index in [-0.39, 0.29) is 13.2 Å². The molecule has 0 aromatic heterocycles. The van der Waals surface area contributed by atoms with E-state index in [4.69, 9.17) is 9.84 Å². The molecule has 1 atom stereocenters. The molecule has 0 radical (unpaired) electrons. The Morgan fingerprint density at radius 2 is 2.00 bits per heavy atom. The van der Waals surface area contributed by atoms with Crippen LogP contribution in [0.1, 0.15) is 6.92 Å². The first kappa shape index (κ1) is 15.4. The summed E-state index contributed by atoms with van der Waals surface area (Å²) in [5.41, 5.74) is 0. The van der Waals surface area contributed by atoms with Crippen molar-refractivity contribution in [1.29, 1.82) is 0 Å². The van der Waals surface area contributed by atoms with E-state index in [0.29, 0.717) is 5.75 Å². The molecular formula is C13H17F2NO3. The standard InChI is InChI=1S/C13H17F2NO3/c1-10(19-11-5-3-2-4-6-11)13(18)16(7-8-17)9-12(14)15/h2-6,10,12,17H,7-9H2,1H3. The van der Waals surface area contributed by atoms with Crippen LogP contribution in [0.5, 0.6) is 5.75 Å². The van der Waals surface area contributed by atoms with Crippen LogP contribution in [0.25, 0.3) is 0 Å². The third-order valence-electron chi connectivity index (χ3n) is 2.44. The maximum absolute atomic E-state index is 12.3. The number of carbonyl (C=O) groups is 1. The highest BCUT2D eigenvalue weighted by Crippen LogP contribution is 2.12. The third-order valence-corrected chi connectivity index (χ3v) is 2.44. The highest BCUT2D eigenvalue weighted by molar-refractivity contribution is 5.80. The van der Waals surface area contributed by atoms with E-state index in [1.807, 2.05) is 0 Å². The molecule has 0 spiro atoms. The highest BCUT2D eigenvalue weighted by atomic mass is 19.3. The highest BCUT2D eigenvalue weighted by Gasteiger charge is 2.24. The fraction of sp³-hybridized carbons (Fsp3) is 0.462. The summed E-state index contributed by atoms with van der Waals surface area (Å²) in [5, 5.41) is 8.79. The van der Waals surface area contributed by atoms with Crippen LogP contribution in [0.3, 0.4) is 0 Å². The van der Waals surface area contributed by atoms with Crippen molar-refractivity contribution < 1.29 is 23.4 Å². The molecule has 0 fully saturated rings. The first-order valence-electron chi connectivity index (χ1n) is 5.94. The molecule has 1 amide bonds. The lowest BCUT2D eigenvalue weighted by Gasteiger charge is -2.25. The van der Waals surface area contributed by atoms with Crippen molar-refractivity contribution in [2.24, 2.45) is 0 Å². The van der Waals surface area contributed by atoms with Crippen LogP contribution in [-0.4, -0.2) is 48.1 Å². The van der Waals surface area contributed by atoms with Crippen molar-refractivity contribution in [3.05, 3.63) is 30.3 Å². The molecule has 6 heteroatoms. The molecule has 0 aliphatic carbocycles. The second-order valence-electron chi connectivity index (χ2n) is 3.97. The molecule has 0 saturated heterocycles. The number of amides is 1. The lowest BCUT2D eigenvalue weighted by Crippen LogP contribution is -2.44. The Labute approximate surface area is 110 Å². The van der Waals surface area contributed by atoms with Gasteiger partial charge in [0.1, 0.15) is 5.75 Å². The number of halogens is 2. The Balaban J connectivity index is 2.62. The number of rotatable bonds is 7. The Morgan fingerprint density at radius 3 is 2.53 bits per heavy atom. The molecule has 0 aliphatic heterocycles. The van der Waals surface area contributed by atoms with Crippen molar-refractivity contribution in [3.63, 3.8) is 0 Å². The number of nitrogens with zero attached hydrogens (tertiary/aromatic N) is 1. The summed E-state index contributed by atoms with van der Waals surface area (Å²) in [6.45, 7) is 0.287. The minimum Gasteiger partial charge on any atom is -0.481 e. The van der Waals surface area contributed by atoms with E-state index < -0.39 is 25.0 Å². The zero-order chi connectivity index (χ0) is 14.3. The number of para-hydroxylation sites is 1. The summed E-state index contributed by atoms with van der Waals surface area (Å²) in [6, 6.07) is 8.64. The van der Waals surface area contributed by atoms with Crippen molar-refractivity contribution in [3.8, 4) is 5.75 Å². The summed E-state index contributed by atoms with van der Waals surface area (Å²) in [6.07, 6.45) is -3.52. The van der Waals surface area contributed by atoms with Crippen LogP contribution in [0.15, 0.2) is 30.3 Å². The van der Waals surface area contributed by atoms with Gasteiger partial charge in [-0.3, -0.25) is 4.79 Å². The summed E-state index contributed by atoms with van der Waals surface area (Å²) in [5.74, 6) is -0.0810. The van der Waals surface area contributed by atoms with Gasteiger partial charge < -0.3 is 14.7 Å². The Bertz CT molecular complexity index is 387. The first-order valence-corrected chi connectivity index (χ1v) is 5.94. The zero-order valence-electron chi connectivity index (χ0n) is 10.6. The molecule has 0 saturated carbocycles. The van der Waals surface area contributed by atoms with Crippen LogP contribution in [0, 0.1) is 0 Å². The van der Waals surface area contributed by atoms with E-state index in [2.05, 4.69) is 0 Å². The molecule has 1 N–H and O–H groups in total. The van der Waals surface area contributed by atoms with E-state index in [9.17, 15) is 13.6 Å². The number of benzene rings is 1. The number of hydrogen-bond acceptors (Lipinski definition) is 3. The maximum Gasteiger partial charge on any atom is 0.263 e. The van der Waals surface area contributed by atoms with E-state index in [1.165, 1.54) is 6.92 Å². The molecule has 19 heavy (non-hydrogen) atoms. The molecule has 1 aromatic carbocycles. The molecule has 0 aliphatic rings. The monoisotopic (exact) mass is 273 g/mol. The predicted octanol–water partition coefficient (Wildman–Crippen LogP) is 1.54. The predicted molar refractivity (Wildman–Crippen MR) is 66.2 cm³/mol. The topological polar surface area (TPSA) is 49.8 Å². The van der Waals surface area contributed by atoms with Crippen LogP contribution < -0.4 is 4.74 Å². The van der Waals surface area contributed by atoms with Gasteiger partial charge in [-0.2, -0.15) is 0 Å². The average Bonchev–Trinajstić information content (AvgIpc) is 2.38. The molecule has 1 rings (SSSR count). The van der Waals surface area contributed by atoms with Crippen LogP contribution >= 0.6 is 0 Å². The van der Waals surface area contributed by atoms with Gasteiger partial charge in [0.2, 0.25) is 0 Å². The quantitative estimate of drug-likeness (QED) is 0.820. The Kier molecular flexibility index (Phi) is 6.21. The molecule has 0 heterocycles. The summed E-state index contributed by atoms with van der Waals surface area (Å²) in [4.78, 5) is 12.8. The van der Waals surface area contributed by atoms with Gasteiger partial charge >= 0.3 is 0 Å². The van der Waals surface area contributed by atoms with E-state index >= 15 is 0 Å². The van der Waals surface area contributed by atoms with Gasteiger partial charge in [0.15, 0.2) is 6.10 Å². The number of aliphatic hydroxyl groups is 1. The summed E-state index contributed by atoms with van der Waals surface area (Å²) in [7, 11) is 0. The van der Waals surface area contributed by atoms with Crippen LogP contribution in [0.2, 0.25) is 0 Å². The van der Waals surface area contributed by atoms with Crippen LogP contribution in [-0.2, 0) is 4.79 Å². The smallest absolute Gasteiger partial charge is 0.263 e. The lowest BCUT2D eigenvalue weighted by atomic mass is 10.3. The minimum atomic E-state index is -2.64. The average molecular weight is 273 g/mol. The number of ether oxygens (including phenoxy) is 1. The van der Waals surface area contributed by atoms with Gasteiger partial charge in [-0.05, 0) is 19.1 Å². The second kappa shape index (κ2) is 7.68. The van der Waals surface area contributed by atoms with Crippen molar-refractivity contribution in [2.75, 3.05) is 19.7 Å². The number of carbonyl (C=O) groups excluding carboxylic acids is 1. The largest absolute Gasteiger partial charge is 0.481 e. The summed E-state index contributed by atoms with van der Waals surface area (Å²) >= 11 is 0. The second-order valence-corrected chi connectivity index (χ2v) is 3.97. The fourth-order valence-corrected chi connectivity index (χ4v) is 1.59. The number of aliphatic hydroxyl groups excluding tert-OH is 1. The van der Waals surface area contributed by atoms with Crippen molar-refractivity contribution >= 4 is 5.91 Å². The van der Waals surface area contributed by atoms with E-state index in [0.717, 1.165) is 4.90 Å². The van der Waals surface area contributed by atoms with Gasteiger partial charge in [-0.15, -0.1) is 0 Å². The van der Waals surface area contributed by atoms with Crippen LogP contribution in [0.4, 0.5) is 8.78 Å². The fourth-order valence-electron chi connectivity index (χ4n) is 1.59. The molecule has 1 unspecified atom stereocenters. The Hall–Kier alpha value is -1.69. The first-order chi connectivity index (χ1) is 9.04. The van der Waals surface area contributed by atoms with Gasteiger partial charge in [-0.25, -0.2) is 8.78 Å². The number of alkyl halides is 2. The molecular weight excluding hydrogens is 256 g/mol. The Morgan fingerprint density at radius 1 is 1.37 bits per heavy atom. The van der Waals surface area contributed by atoms with E-state index in [1.54, 1.807) is 30.3 Å². The molecule has 1 aromatic rings. The van der Waals surface area contributed by atoms with Crippen molar-refractivity contribution in [2.45, 2.75) is 19.5 Å². The number of hydrogen-bond donors (Lipinski definition) is 1. The molecule has 106 valence electrons. The summed E-state index contributed by atoms with van der Waals surface area (Å²) < 4.78 is 30.1.